The van der Waals surface area contributed by atoms with Crippen molar-refractivity contribution in [1.29, 1.82) is 0 Å². The first-order chi connectivity index (χ1) is 11.3. The van der Waals surface area contributed by atoms with Crippen molar-refractivity contribution in [2.75, 3.05) is 29.9 Å². The summed E-state index contributed by atoms with van der Waals surface area (Å²) in [6.07, 6.45) is 3.92. The summed E-state index contributed by atoms with van der Waals surface area (Å²) in [5.41, 5.74) is 0.645. The number of hydrogen-bond acceptors (Lipinski definition) is 8. The number of anilines is 2. The Morgan fingerprint density at radius 2 is 2.17 bits per heavy atom. The van der Waals surface area contributed by atoms with Gasteiger partial charge in [-0.3, -0.25) is 0 Å². The minimum absolute atomic E-state index is 0.354. The van der Waals surface area contributed by atoms with Crippen molar-refractivity contribution >= 4 is 17.3 Å². The Morgan fingerprint density at radius 3 is 3.04 bits per heavy atom. The molecule has 1 saturated heterocycles. The second kappa shape index (κ2) is 5.75. The minimum Gasteiger partial charge on any atom is -0.353 e. The molecule has 0 aliphatic carbocycles. The molecule has 3 aromatic rings. The van der Waals surface area contributed by atoms with Crippen molar-refractivity contribution < 1.29 is 0 Å². The summed E-state index contributed by atoms with van der Waals surface area (Å²) in [4.78, 5) is 4.46. The molecule has 0 aromatic carbocycles. The SMILES string of the molecule is CN(c1ccc2nnnn2n1)[C@@H]1CCCN(c2cccnn2)C1. The van der Waals surface area contributed by atoms with Gasteiger partial charge < -0.3 is 9.80 Å². The fourth-order valence-corrected chi connectivity index (χ4v) is 2.96. The molecular formula is C14H17N9. The van der Waals surface area contributed by atoms with E-state index in [1.165, 1.54) is 4.63 Å². The van der Waals surface area contributed by atoms with E-state index in [0.29, 0.717) is 11.7 Å². The number of likely N-dealkylation sites (N-methyl/N-ethyl adjacent to an activating group) is 1. The summed E-state index contributed by atoms with van der Waals surface area (Å²) < 4.78 is 1.45. The minimum atomic E-state index is 0.354. The van der Waals surface area contributed by atoms with E-state index in [0.717, 1.165) is 37.6 Å². The maximum absolute atomic E-state index is 4.47. The van der Waals surface area contributed by atoms with Crippen LogP contribution in [0, 0.1) is 0 Å². The van der Waals surface area contributed by atoms with Gasteiger partial charge in [-0.25, -0.2) is 0 Å². The number of nitrogens with zero attached hydrogens (tertiary/aromatic N) is 9. The second-order valence-corrected chi connectivity index (χ2v) is 5.65. The average molecular weight is 311 g/mol. The Balaban J connectivity index is 1.54. The van der Waals surface area contributed by atoms with Crippen LogP contribution in [0.25, 0.3) is 5.65 Å². The van der Waals surface area contributed by atoms with Crippen LogP contribution < -0.4 is 9.80 Å². The van der Waals surface area contributed by atoms with Gasteiger partial charge in [0.15, 0.2) is 17.3 Å². The van der Waals surface area contributed by atoms with Crippen molar-refractivity contribution in [2.24, 2.45) is 0 Å². The number of piperidine rings is 1. The average Bonchev–Trinajstić information content (AvgIpc) is 3.09. The third kappa shape index (κ3) is 2.65. The molecule has 0 bridgehead atoms. The van der Waals surface area contributed by atoms with Gasteiger partial charge in [-0.2, -0.15) is 5.10 Å². The van der Waals surface area contributed by atoms with Crippen molar-refractivity contribution in [1.82, 2.24) is 35.5 Å². The number of tetrazole rings is 1. The van der Waals surface area contributed by atoms with Crippen molar-refractivity contribution in [3.05, 3.63) is 30.5 Å². The molecule has 118 valence electrons. The predicted octanol–water partition coefficient (Wildman–Crippen LogP) is 0.414. The van der Waals surface area contributed by atoms with Gasteiger partial charge >= 0.3 is 0 Å². The molecule has 9 heteroatoms. The smallest absolute Gasteiger partial charge is 0.200 e. The van der Waals surface area contributed by atoms with E-state index in [1.807, 2.05) is 24.3 Å². The molecule has 4 heterocycles. The topological polar surface area (TPSA) is 88.2 Å². The van der Waals surface area contributed by atoms with Crippen molar-refractivity contribution in [3.8, 4) is 0 Å². The second-order valence-electron chi connectivity index (χ2n) is 5.65. The van der Waals surface area contributed by atoms with E-state index >= 15 is 0 Å². The van der Waals surface area contributed by atoms with Crippen LogP contribution in [0.15, 0.2) is 30.5 Å². The van der Waals surface area contributed by atoms with Crippen molar-refractivity contribution in [3.63, 3.8) is 0 Å². The van der Waals surface area contributed by atoms with E-state index in [9.17, 15) is 0 Å². The lowest BCUT2D eigenvalue weighted by Crippen LogP contribution is -2.47. The molecule has 23 heavy (non-hydrogen) atoms. The van der Waals surface area contributed by atoms with Crippen LogP contribution in [-0.2, 0) is 0 Å². The summed E-state index contributed by atoms with van der Waals surface area (Å²) in [7, 11) is 2.06. The lowest BCUT2D eigenvalue weighted by atomic mass is 10.0. The molecule has 1 fully saturated rings. The van der Waals surface area contributed by atoms with Crippen LogP contribution in [0.2, 0.25) is 0 Å². The Kier molecular flexibility index (Phi) is 3.45. The fraction of sp³-hybridized carbons (Fsp3) is 0.429. The summed E-state index contributed by atoms with van der Waals surface area (Å²) in [6.45, 7) is 1.90. The molecular weight excluding hydrogens is 294 g/mol. The predicted molar refractivity (Wildman–Crippen MR) is 84.2 cm³/mol. The van der Waals surface area contributed by atoms with E-state index in [-0.39, 0.29) is 0 Å². The molecule has 0 unspecified atom stereocenters. The van der Waals surface area contributed by atoms with Gasteiger partial charge in [0.2, 0.25) is 0 Å². The summed E-state index contributed by atoms with van der Waals surface area (Å²) in [5, 5.41) is 24.0. The van der Waals surface area contributed by atoms with Gasteiger partial charge in [-0.15, -0.1) is 19.9 Å². The third-order valence-electron chi connectivity index (χ3n) is 4.24. The highest BCUT2D eigenvalue weighted by molar-refractivity contribution is 5.46. The van der Waals surface area contributed by atoms with E-state index in [2.05, 4.69) is 47.7 Å². The van der Waals surface area contributed by atoms with Gasteiger partial charge in [0.1, 0.15) is 0 Å². The zero-order valence-electron chi connectivity index (χ0n) is 12.8. The number of aromatic nitrogens is 7. The number of rotatable bonds is 3. The number of hydrogen-bond donors (Lipinski definition) is 0. The highest BCUT2D eigenvalue weighted by Gasteiger charge is 2.25. The summed E-state index contributed by atoms with van der Waals surface area (Å²) in [5.74, 6) is 1.78. The molecule has 9 nitrogen and oxygen atoms in total. The molecule has 0 N–H and O–H groups in total. The molecule has 0 amide bonds. The molecule has 3 aromatic heterocycles. The van der Waals surface area contributed by atoms with Crippen LogP contribution >= 0.6 is 0 Å². The van der Waals surface area contributed by atoms with Crippen LogP contribution in [0.5, 0.6) is 0 Å². The molecule has 1 aliphatic rings. The van der Waals surface area contributed by atoms with Crippen LogP contribution in [0.4, 0.5) is 11.6 Å². The molecule has 0 radical (unpaired) electrons. The first-order valence-corrected chi connectivity index (χ1v) is 7.62. The lowest BCUT2D eigenvalue weighted by molar-refractivity contribution is 0.480. The Hall–Kier alpha value is -2.84. The normalized spacial score (nSPS) is 18.3. The van der Waals surface area contributed by atoms with Crippen LogP contribution in [-0.4, -0.2) is 61.6 Å². The van der Waals surface area contributed by atoms with Crippen molar-refractivity contribution in [2.45, 2.75) is 18.9 Å². The fourth-order valence-electron chi connectivity index (χ4n) is 2.96. The largest absolute Gasteiger partial charge is 0.353 e. The van der Waals surface area contributed by atoms with Crippen LogP contribution in [0.1, 0.15) is 12.8 Å². The van der Waals surface area contributed by atoms with E-state index < -0.39 is 0 Å². The highest BCUT2D eigenvalue weighted by atomic mass is 15.6. The summed E-state index contributed by atoms with van der Waals surface area (Å²) >= 11 is 0. The van der Waals surface area contributed by atoms with Gasteiger partial charge in [0.25, 0.3) is 0 Å². The Bertz CT molecular complexity index is 787. The van der Waals surface area contributed by atoms with E-state index in [4.69, 9.17) is 0 Å². The Labute approximate surface area is 132 Å². The third-order valence-corrected chi connectivity index (χ3v) is 4.24. The standard InChI is InChI=1S/C14H17N9/c1-21(14-7-6-13-17-19-20-23(13)18-14)11-4-3-9-22(10-11)12-5-2-8-15-16-12/h2,5-8,11H,3-4,9-10H2,1H3/t11-/m1/s1. The van der Waals surface area contributed by atoms with Crippen LogP contribution in [0.3, 0.4) is 0 Å². The maximum atomic E-state index is 4.47. The zero-order chi connectivity index (χ0) is 15.6. The maximum Gasteiger partial charge on any atom is 0.200 e. The summed E-state index contributed by atoms with van der Waals surface area (Å²) in [6, 6.07) is 8.10. The monoisotopic (exact) mass is 311 g/mol. The van der Waals surface area contributed by atoms with Gasteiger partial charge in [0.05, 0.1) is 0 Å². The lowest BCUT2D eigenvalue weighted by Gasteiger charge is -2.38. The van der Waals surface area contributed by atoms with Gasteiger partial charge in [-0.05, 0) is 47.5 Å². The molecule has 1 aliphatic heterocycles. The van der Waals surface area contributed by atoms with Gasteiger partial charge in [0, 0.05) is 32.4 Å². The highest BCUT2D eigenvalue weighted by Crippen LogP contribution is 2.22. The first kappa shape index (κ1) is 13.8. The molecule has 0 spiro atoms. The number of fused-ring (bicyclic) bond motifs is 1. The molecule has 1 atom stereocenters. The molecule has 0 saturated carbocycles. The van der Waals surface area contributed by atoms with E-state index in [1.54, 1.807) is 6.20 Å². The molecule has 4 rings (SSSR count). The zero-order valence-corrected chi connectivity index (χ0v) is 12.8. The quantitative estimate of drug-likeness (QED) is 0.687. The van der Waals surface area contributed by atoms with Gasteiger partial charge in [-0.1, -0.05) is 0 Å². The Morgan fingerprint density at radius 1 is 1.22 bits per heavy atom. The first-order valence-electron chi connectivity index (χ1n) is 7.62.